The van der Waals surface area contributed by atoms with Crippen LogP contribution in [0.4, 0.5) is 0 Å². The van der Waals surface area contributed by atoms with Crippen LogP contribution in [0.3, 0.4) is 0 Å². The maximum atomic E-state index is 11.0. The maximum Gasteiger partial charge on any atom is 0.344 e. The van der Waals surface area contributed by atoms with Gasteiger partial charge in [0.2, 0.25) is 0 Å². The fourth-order valence-electron chi connectivity index (χ4n) is 1.92. The molecule has 0 aliphatic heterocycles. The van der Waals surface area contributed by atoms with Crippen molar-refractivity contribution in [2.24, 2.45) is 0 Å². The summed E-state index contributed by atoms with van der Waals surface area (Å²) in [6, 6.07) is 7.87. The molecule has 0 heterocycles. The zero-order valence-electron chi connectivity index (χ0n) is 11.8. The van der Waals surface area contributed by atoms with Gasteiger partial charge in [-0.15, -0.1) is 0 Å². The number of hydrogen-bond acceptors (Lipinski definition) is 3. The maximum absolute atomic E-state index is 11.0. The zero-order valence-corrected chi connectivity index (χ0v) is 11.8. The first-order chi connectivity index (χ1) is 9.08. The summed E-state index contributed by atoms with van der Waals surface area (Å²) in [5.74, 6) is -0.305. The van der Waals surface area contributed by atoms with Crippen molar-refractivity contribution in [3.05, 3.63) is 29.8 Å². The van der Waals surface area contributed by atoms with Crippen molar-refractivity contribution >= 4 is 5.97 Å². The highest BCUT2D eigenvalue weighted by Gasteiger charge is 2.18. The molecule has 0 saturated carbocycles. The molecule has 0 bridgehead atoms. The SMILES string of the molecule is CCCC(Oc1ccc(C(C)NCC)cc1)C(=O)O. The summed E-state index contributed by atoms with van der Waals surface area (Å²) in [5, 5.41) is 12.4. The Hall–Kier alpha value is -1.55. The van der Waals surface area contributed by atoms with E-state index in [2.05, 4.69) is 19.2 Å². The molecule has 1 aromatic rings. The lowest BCUT2D eigenvalue weighted by Gasteiger charge is -2.16. The third-order valence-electron chi connectivity index (χ3n) is 3.00. The summed E-state index contributed by atoms with van der Waals surface area (Å²) in [6.07, 6.45) is 0.541. The lowest BCUT2D eigenvalue weighted by molar-refractivity contribution is -0.145. The van der Waals surface area contributed by atoms with Gasteiger partial charge in [0.1, 0.15) is 5.75 Å². The number of benzene rings is 1. The van der Waals surface area contributed by atoms with Crippen LogP contribution in [0.2, 0.25) is 0 Å². The monoisotopic (exact) mass is 265 g/mol. The van der Waals surface area contributed by atoms with E-state index in [-0.39, 0.29) is 6.04 Å². The van der Waals surface area contributed by atoms with E-state index in [0.29, 0.717) is 12.2 Å². The topological polar surface area (TPSA) is 58.6 Å². The van der Waals surface area contributed by atoms with Crippen LogP contribution in [0, 0.1) is 0 Å². The first-order valence-corrected chi connectivity index (χ1v) is 6.81. The van der Waals surface area contributed by atoms with Gasteiger partial charge in [0, 0.05) is 6.04 Å². The molecule has 0 aromatic heterocycles. The minimum absolute atomic E-state index is 0.282. The molecule has 0 saturated heterocycles. The largest absolute Gasteiger partial charge is 0.479 e. The molecular weight excluding hydrogens is 242 g/mol. The fraction of sp³-hybridized carbons (Fsp3) is 0.533. The van der Waals surface area contributed by atoms with E-state index < -0.39 is 12.1 Å². The van der Waals surface area contributed by atoms with Gasteiger partial charge in [0.05, 0.1) is 0 Å². The second-order valence-corrected chi connectivity index (χ2v) is 4.58. The number of rotatable bonds is 8. The molecule has 4 heteroatoms. The van der Waals surface area contributed by atoms with Crippen molar-refractivity contribution in [2.75, 3.05) is 6.54 Å². The van der Waals surface area contributed by atoms with Crippen molar-refractivity contribution in [1.29, 1.82) is 0 Å². The second kappa shape index (κ2) is 7.79. The van der Waals surface area contributed by atoms with Crippen molar-refractivity contribution in [2.45, 2.75) is 45.8 Å². The lowest BCUT2D eigenvalue weighted by Crippen LogP contribution is -2.26. The van der Waals surface area contributed by atoms with Crippen LogP contribution in [0.25, 0.3) is 0 Å². The summed E-state index contributed by atoms with van der Waals surface area (Å²) in [7, 11) is 0. The van der Waals surface area contributed by atoms with Gasteiger partial charge < -0.3 is 15.2 Å². The van der Waals surface area contributed by atoms with Gasteiger partial charge in [-0.05, 0) is 37.6 Å². The molecule has 0 spiro atoms. The van der Waals surface area contributed by atoms with E-state index in [1.54, 1.807) is 0 Å². The van der Waals surface area contributed by atoms with E-state index in [4.69, 9.17) is 9.84 Å². The molecule has 2 N–H and O–H groups in total. The third-order valence-corrected chi connectivity index (χ3v) is 3.00. The minimum atomic E-state index is -0.910. The molecule has 0 aliphatic rings. The van der Waals surface area contributed by atoms with E-state index in [0.717, 1.165) is 18.5 Å². The minimum Gasteiger partial charge on any atom is -0.479 e. The summed E-state index contributed by atoms with van der Waals surface area (Å²) in [5.41, 5.74) is 1.16. The number of nitrogens with one attached hydrogen (secondary N) is 1. The van der Waals surface area contributed by atoms with Gasteiger partial charge in [-0.2, -0.15) is 0 Å². The predicted molar refractivity (Wildman–Crippen MR) is 75.5 cm³/mol. The van der Waals surface area contributed by atoms with Crippen LogP contribution in [-0.2, 0) is 4.79 Å². The van der Waals surface area contributed by atoms with Crippen LogP contribution in [0.1, 0.15) is 45.2 Å². The second-order valence-electron chi connectivity index (χ2n) is 4.58. The van der Waals surface area contributed by atoms with Gasteiger partial charge >= 0.3 is 5.97 Å². The number of hydrogen-bond donors (Lipinski definition) is 2. The molecule has 4 nitrogen and oxygen atoms in total. The van der Waals surface area contributed by atoms with Crippen LogP contribution in [0.5, 0.6) is 5.75 Å². The first-order valence-electron chi connectivity index (χ1n) is 6.81. The lowest BCUT2D eigenvalue weighted by atomic mass is 10.1. The Balaban J connectivity index is 2.67. The van der Waals surface area contributed by atoms with Crippen LogP contribution in [0.15, 0.2) is 24.3 Å². The Bertz CT molecular complexity index is 389. The normalized spacial score (nSPS) is 13.8. The van der Waals surface area contributed by atoms with E-state index >= 15 is 0 Å². The molecular formula is C15H23NO3. The molecule has 1 rings (SSSR count). The van der Waals surface area contributed by atoms with Gasteiger partial charge in [-0.1, -0.05) is 32.4 Å². The van der Waals surface area contributed by atoms with Gasteiger partial charge in [0.25, 0.3) is 0 Å². The average molecular weight is 265 g/mol. The Morgan fingerprint density at radius 1 is 1.32 bits per heavy atom. The summed E-state index contributed by atoms with van der Waals surface area (Å²) in [4.78, 5) is 11.0. The number of aliphatic carboxylic acids is 1. The number of carbonyl (C=O) groups is 1. The Morgan fingerprint density at radius 3 is 2.42 bits per heavy atom. The highest BCUT2D eigenvalue weighted by Crippen LogP contribution is 2.19. The van der Waals surface area contributed by atoms with Crippen molar-refractivity contribution < 1.29 is 14.6 Å². The summed E-state index contributed by atoms with van der Waals surface area (Å²) < 4.78 is 5.49. The predicted octanol–water partition coefficient (Wildman–Crippen LogP) is 2.99. The van der Waals surface area contributed by atoms with E-state index in [1.807, 2.05) is 31.2 Å². The summed E-state index contributed by atoms with van der Waals surface area (Å²) >= 11 is 0. The van der Waals surface area contributed by atoms with Crippen LogP contribution in [-0.4, -0.2) is 23.7 Å². The molecule has 2 atom stereocenters. The molecule has 1 aromatic carbocycles. The molecule has 0 fully saturated rings. The highest BCUT2D eigenvalue weighted by molar-refractivity contribution is 5.72. The summed E-state index contributed by atoms with van der Waals surface area (Å²) in [6.45, 7) is 7.02. The molecule has 0 amide bonds. The van der Waals surface area contributed by atoms with Crippen molar-refractivity contribution in [1.82, 2.24) is 5.32 Å². The van der Waals surface area contributed by atoms with Gasteiger partial charge in [-0.3, -0.25) is 0 Å². The smallest absolute Gasteiger partial charge is 0.344 e. The molecule has 2 unspecified atom stereocenters. The Morgan fingerprint density at radius 2 is 1.95 bits per heavy atom. The van der Waals surface area contributed by atoms with E-state index in [1.165, 1.54) is 0 Å². The van der Waals surface area contributed by atoms with E-state index in [9.17, 15) is 4.79 Å². The number of carboxylic acid groups (broad SMARTS) is 1. The molecule has 19 heavy (non-hydrogen) atoms. The highest BCUT2D eigenvalue weighted by atomic mass is 16.5. The van der Waals surface area contributed by atoms with Gasteiger partial charge in [-0.25, -0.2) is 4.79 Å². The van der Waals surface area contributed by atoms with Crippen LogP contribution >= 0.6 is 0 Å². The number of ether oxygens (including phenoxy) is 1. The first kappa shape index (κ1) is 15.5. The van der Waals surface area contributed by atoms with Gasteiger partial charge in [0.15, 0.2) is 6.10 Å². The zero-order chi connectivity index (χ0) is 14.3. The molecule has 106 valence electrons. The van der Waals surface area contributed by atoms with Crippen molar-refractivity contribution in [3.63, 3.8) is 0 Å². The quantitative estimate of drug-likeness (QED) is 0.758. The molecule has 0 radical (unpaired) electrons. The van der Waals surface area contributed by atoms with Crippen molar-refractivity contribution in [3.8, 4) is 5.75 Å². The third kappa shape index (κ3) is 4.91. The average Bonchev–Trinajstić information content (AvgIpc) is 2.39. The van der Waals surface area contributed by atoms with Crippen LogP contribution < -0.4 is 10.1 Å². The Kier molecular flexibility index (Phi) is 6.36. The Labute approximate surface area is 114 Å². The molecule has 0 aliphatic carbocycles. The number of carboxylic acids is 1. The fourth-order valence-corrected chi connectivity index (χ4v) is 1.92. The standard InChI is InChI=1S/C15H23NO3/c1-4-6-14(15(17)18)19-13-9-7-12(8-10-13)11(3)16-5-2/h7-11,14,16H,4-6H2,1-3H3,(H,17,18).